The van der Waals surface area contributed by atoms with E-state index in [0.29, 0.717) is 13.0 Å². The molecule has 1 unspecified atom stereocenters. The van der Waals surface area contributed by atoms with Crippen LogP contribution in [0.4, 0.5) is 0 Å². The number of benzene rings is 1. The second kappa shape index (κ2) is 8.95. The summed E-state index contributed by atoms with van der Waals surface area (Å²) in [5.74, 6) is -0.822. The molecule has 1 aromatic rings. The molecule has 0 saturated carbocycles. The third-order valence-corrected chi connectivity index (χ3v) is 2.71. The maximum atomic E-state index is 11.7. The number of hydrogen-bond donors (Lipinski definition) is 0. The van der Waals surface area contributed by atoms with E-state index < -0.39 is 11.9 Å². The average molecular weight is 290 g/mol. The Morgan fingerprint density at radius 2 is 1.71 bits per heavy atom. The highest BCUT2D eigenvalue weighted by atomic mass is 16.5. The second-order valence-corrected chi connectivity index (χ2v) is 5.10. The lowest BCUT2D eigenvalue weighted by Gasteiger charge is -2.15. The van der Waals surface area contributed by atoms with Crippen LogP contribution in [-0.4, -0.2) is 18.5 Å². The fourth-order valence-electron chi connectivity index (χ4n) is 1.67. The Bertz CT molecular complexity index is 477. The van der Waals surface area contributed by atoms with Gasteiger partial charge in [0.05, 0.1) is 6.61 Å². The van der Waals surface area contributed by atoms with Crippen molar-refractivity contribution in [2.45, 2.75) is 33.3 Å². The summed E-state index contributed by atoms with van der Waals surface area (Å²) in [6.45, 7) is 6.15. The van der Waals surface area contributed by atoms with E-state index in [9.17, 15) is 9.59 Å². The van der Waals surface area contributed by atoms with E-state index in [4.69, 9.17) is 9.47 Å². The normalized spacial score (nSPS) is 12.4. The highest BCUT2D eigenvalue weighted by Crippen LogP contribution is 2.20. The minimum absolute atomic E-state index is 0.261. The molecule has 0 bridgehead atoms. The Kier molecular flexibility index (Phi) is 7.23. The van der Waals surface area contributed by atoms with E-state index in [-0.39, 0.29) is 12.0 Å². The predicted molar refractivity (Wildman–Crippen MR) is 80.5 cm³/mol. The first-order chi connectivity index (χ1) is 10.0. The maximum Gasteiger partial charge on any atom is 0.331 e. The van der Waals surface area contributed by atoms with Crippen molar-refractivity contribution in [1.29, 1.82) is 0 Å². The molecule has 0 heterocycles. The quantitative estimate of drug-likeness (QED) is 0.570. The first-order valence-corrected chi connectivity index (χ1v) is 7.13. The average Bonchev–Trinajstić information content (AvgIpc) is 2.49. The molecule has 4 heteroatoms. The topological polar surface area (TPSA) is 52.6 Å². The molecule has 0 fully saturated rings. The predicted octanol–water partition coefficient (Wildman–Crippen LogP) is 3.44. The van der Waals surface area contributed by atoms with E-state index in [1.807, 2.05) is 51.1 Å². The van der Waals surface area contributed by atoms with Crippen LogP contribution in [0.5, 0.6) is 0 Å². The van der Waals surface area contributed by atoms with Crippen LogP contribution in [0.3, 0.4) is 0 Å². The Hall–Kier alpha value is -2.10. The third-order valence-electron chi connectivity index (χ3n) is 2.71. The molecular formula is C17H22O4. The molecule has 0 saturated heterocycles. The number of ether oxygens (including phenoxy) is 2. The van der Waals surface area contributed by atoms with Crippen molar-refractivity contribution in [3.8, 4) is 0 Å². The van der Waals surface area contributed by atoms with Crippen LogP contribution in [0.25, 0.3) is 0 Å². The van der Waals surface area contributed by atoms with E-state index in [0.717, 1.165) is 17.7 Å². The first kappa shape index (κ1) is 17.0. The van der Waals surface area contributed by atoms with Gasteiger partial charge in [-0.1, -0.05) is 51.1 Å². The molecule has 0 N–H and O–H groups in total. The molecule has 21 heavy (non-hydrogen) atoms. The molecule has 0 aliphatic heterocycles. The molecule has 0 amide bonds. The van der Waals surface area contributed by atoms with Gasteiger partial charge in [0.2, 0.25) is 0 Å². The van der Waals surface area contributed by atoms with Crippen LogP contribution < -0.4 is 0 Å². The number of carbonyl (C=O) groups is 2. The first-order valence-electron chi connectivity index (χ1n) is 7.13. The van der Waals surface area contributed by atoms with Gasteiger partial charge in [0.25, 0.3) is 0 Å². The van der Waals surface area contributed by atoms with Crippen LogP contribution in [0.2, 0.25) is 0 Å². The summed E-state index contributed by atoms with van der Waals surface area (Å²) < 4.78 is 10.3. The molecule has 1 rings (SSSR count). The van der Waals surface area contributed by atoms with Gasteiger partial charge in [-0.3, -0.25) is 0 Å². The molecule has 1 atom stereocenters. The zero-order valence-electron chi connectivity index (χ0n) is 12.7. The zero-order valence-corrected chi connectivity index (χ0v) is 12.7. The second-order valence-electron chi connectivity index (χ2n) is 5.10. The van der Waals surface area contributed by atoms with E-state index >= 15 is 0 Å². The largest absolute Gasteiger partial charge is 0.462 e. The summed E-state index contributed by atoms with van der Waals surface area (Å²) in [4.78, 5) is 23.1. The van der Waals surface area contributed by atoms with E-state index in [1.165, 1.54) is 0 Å². The van der Waals surface area contributed by atoms with Crippen molar-refractivity contribution in [2.75, 3.05) is 6.61 Å². The van der Waals surface area contributed by atoms with Crippen LogP contribution >= 0.6 is 0 Å². The standard InChI is InChI=1S/C17H22O4/c1-4-15(14-8-6-5-7-9-14)21-17(19)11-10-16(18)20-12-13(2)3/h5-11,13,15H,4,12H2,1-3H3/b11-10+. The van der Waals surface area contributed by atoms with Crippen molar-refractivity contribution in [2.24, 2.45) is 5.92 Å². The van der Waals surface area contributed by atoms with E-state index in [2.05, 4.69) is 0 Å². The van der Waals surface area contributed by atoms with Gasteiger partial charge in [-0.05, 0) is 17.9 Å². The Morgan fingerprint density at radius 1 is 1.10 bits per heavy atom. The summed E-state index contributed by atoms with van der Waals surface area (Å²) in [6, 6.07) is 9.50. The fraction of sp³-hybridized carbons (Fsp3) is 0.412. The van der Waals surface area contributed by atoms with Crippen LogP contribution in [0.1, 0.15) is 38.9 Å². The van der Waals surface area contributed by atoms with Crippen LogP contribution in [-0.2, 0) is 19.1 Å². The third kappa shape index (κ3) is 6.75. The molecule has 1 aromatic carbocycles. The van der Waals surface area contributed by atoms with Gasteiger partial charge >= 0.3 is 11.9 Å². The van der Waals surface area contributed by atoms with Crippen molar-refractivity contribution in [3.63, 3.8) is 0 Å². The highest BCUT2D eigenvalue weighted by Gasteiger charge is 2.13. The van der Waals surface area contributed by atoms with E-state index in [1.54, 1.807) is 0 Å². The molecule has 0 aliphatic carbocycles. The highest BCUT2D eigenvalue weighted by molar-refractivity contribution is 5.91. The lowest BCUT2D eigenvalue weighted by atomic mass is 10.1. The van der Waals surface area contributed by atoms with Crippen molar-refractivity contribution in [3.05, 3.63) is 48.0 Å². The van der Waals surface area contributed by atoms with Gasteiger partial charge in [0.15, 0.2) is 0 Å². The van der Waals surface area contributed by atoms with Crippen molar-refractivity contribution < 1.29 is 19.1 Å². The van der Waals surface area contributed by atoms with Gasteiger partial charge in [0, 0.05) is 12.2 Å². The SMILES string of the molecule is CCC(OC(=O)/C=C/C(=O)OCC(C)C)c1ccccc1. The van der Waals surface area contributed by atoms with Crippen molar-refractivity contribution in [1.82, 2.24) is 0 Å². The number of carbonyl (C=O) groups excluding carboxylic acids is 2. The molecule has 0 aliphatic rings. The maximum absolute atomic E-state index is 11.7. The molecule has 0 radical (unpaired) electrons. The van der Waals surface area contributed by atoms with Gasteiger partial charge in [-0.25, -0.2) is 9.59 Å². The summed E-state index contributed by atoms with van der Waals surface area (Å²) in [6.07, 6.45) is 2.56. The van der Waals surface area contributed by atoms with Gasteiger partial charge < -0.3 is 9.47 Å². The lowest BCUT2D eigenvalue weighted by Crippen LogP contribution is -2.10. The monoisotopic (exact) mass is 290 g/mol. The summed E-state index contributed by atoms with van der Waals surface area (Å²) in [7, 11) is 0. The minimum Gasteiger partial charge on any atom is -0.462 e. The van der Waals surface area contributed by atoms with Crippen LogP contribution in [0, 0.1) is 5.92 Å². The van der Waals surface area contributed by atoms with Gasteiger partial charge in [-0.15, -0.1) is 0 Å². The summed E-state index contributed by atoms with van der Waals surface area (Å²) >= 11 is 0. The fourth-order valence-corrected chi connectivity index (χ4v) is 1.67. The minimum atomic E-state index is -0.549. The molecule has 114 valence electrons. The van der Waals surface area contributed by atoms with Gasteiger partial charge in [0.1, 0.15) is 6.10 Å². The molecule has 0 spiro atoms. The van der Waals surface area contributed by atoms with Crippen molar-refractivity contribution >= 4 is 11.9 Å². The summed E-state index contributed by atoms with van der Waals surface area (Å²) in [5, 5.41) is 0. The lowest BCUT2D eigenvalue weighted by molar-refractivity contribution is -0.144. The number of esters is 2. The molecular weight excluding hydrogens is 268 g/mol. The Balaban J connectivity index is 2.50. The Morgan fingerprint density at radius 3 is 2.29 bits per heavy atom. The number of rotatable bonds is 7. The molecule has 0 aromatic heterocycles. The van der Waals surface area contributed by atoms with Gasteiger partial charge in [-0.2, -0.15) is 0 Å². The number of hydrogen-bond acceptors (Lipinski definition) is 4. The smallest absolute Gasteiger partial charge is 0.331 e. The summed E-state index contributed by atoms with van der Waals surface area (Å²) in [5.41, 5.74) is 0.934. The molecule has 4 nitrogen and oxygen atoms in total. The Labute approximate surface area is 125 Å². The zero-order chi connectivity index (χ0) is 15.7. The van der Waals surface area contributed by atoms with Crippen LogP contribution in [0.15, 0.2) is 42.5 Å².